The van der Waals surface area contributed by atoms with Crippen LogP contribution in [0.2, 0.25) is 0 Å². The summed E-state index contributed by atoms with van der Waals surface area (Å²) in [7, 11) is 2.88. The van der Waals surface area contributed by atoms with Crippen molar-refractivity contribution < 1.29 is 23.9 Å². The lowest BCUT2D eigenvalue weighted by Crippen LogP contribution is -2.63. The summed E-state index contributed by atoms with van der Waals surface area (Å²) in [4.78, 5) is 40.0. The number of nitrogens with zero attached hydrogens (tertiary/aromatic N) is 1. The van der Waals surface area contributed by atoms with Gasteiger partial charge in [-0.25, -0.2) is 9.59 Å². The van der Waals surface area contributed by atoms with E-state index in [1.807, 2.05) is 12.1 Å². The second kappa shape index (κ2) is 11.7. The van der Waals surface area contributed by atoms with E-state index in [1.54, 1.807) is 24.1 Å². The average molecular weight is 447 g/mol. The topological polar surface area (TPSA) is 109 Å². The zero-order valence-corrected chi connectivity index (χ0v) is 18.9. The number of esters is 1. The lowest BCUT2D eigenvalue weighted by atomic mass is 9.96. The molecule has 1 aliphatic carbocycles. The number of amides is 3. The Bertz CT molecular complexity index is 779. The first-order valence-corrected chi connectivity index (χ1v) is 11.3. The first-order valence-electron chi connectivity index (χ1n) is 11.3. The maximum atomic E-state index is 13.1. The van der Waals surface area contributed by atoms with Crippen LogP contribution in [0.15, 0.2) is 24.3 Å². The Morgan fingerprint density at radius 1 is 1.12 bits per heavy atom. The number of carbonyl (C=O) groups excluding carboxylic acids is 3. The van der Waals surface area contributed by atoms with Gasteiger partial charge in [0.1, 0.15) is 17.8 Å². The van der Waals surface area contributed by atoms with Crippen molar-refractivity contribution >= 4 is 17.9 Å². The fraction of sp³-hybridized carbons (Fsp3) is 0.609. The number of ether oxygens (including phenoxy) is 2. The highest BCUT2D eigenvalue weighted by Gasteiger charge is 2.35. The number of hydrogen-bond donors (Lipinski definition) is 3. The summed E-state index contributed by atoms with van der Waals surface area (Å²) in [5.74, 6) is -0.198. The molecule has 32 heavy (non-hydrogen) atoms. The number of rotatable bonds is 7. The summed E-state index contributed by atoms with van der Waals surface area (Å²) < 4.78 is 10.1. The molecular formula is C23H34N4O5. The van der Waals surface area contributed by atoms with Crippen LogP contribution in [0.5, 0.6) is 5.75 Å². The fourth-order valence-corrected chi connectivity index (χ4v) is 4.29. The summed E-state index contributed by atoms with van der Waals surface area (Å²) in [6.45, 7) is 1.38. The molecule has 0 radical (unpaired) electrons. The van der Waals surface area contributed by atoms with Crippen LogP contribution >= 0.6 is 0 Å². The van der Waals surface area contributed by atoms with Gasteiger partial charge in [-0.3, -0.25) is 4.79 Å². The molecule has 0 bridgehead atoms. The predicted molar refractivity (Wildman–Crippen MR) is 119 cm³/mol. The van der Waals surface area contributed by atoms with Gasteiger partial charge in [0.2, 0.25) is 5.91 Å². The number of hydrogen-bond acceptors (Lipinski definition) is 6. The van der Waals surface area contributed by atoms with E-state index < -0.39 is 18.1 Å². The third-order valence-corrected chi connectivity index (χ3v) is 6.14. The van der Waals surface area contributed by atoms with Crippen molar-refractivity contribution in [3.8, 4) is 5.75 Å². The maximum absolute atomic E-state index is 13.1. The Labute approximate surface area is 189 Å². The largest absolute Gasteiger partial charge is 0.497 e. The van der Waals surface area contributed by atoms with Gasteiger partial charge < -0.3 is 30.3 Å². The molecule has 0 spiro atoms. The first kappa shape index (κ1) is 23.8. The minimum absolute atomic E-state index is 0.160. The van der Waals surface area contributed by atoms with Gasteiger partial charge in [-0.1, -0.05) is 31.4 Å². The number of nitrogens with one attached hydrogen (secondary N) is 3. The summed E-state index contributed by atoms with van der Waals surface area (Å²) in [5, 5.41) is 9.05. The predicted octanol–water partition coefficient (Wildman–Crippen LogP) is 1.21. The van der Waals surface area contributed by atoms with Crippen molar-refractivity contribution in [2.24, 2.45) is 0 Å². The van der Waals surface area contributed by atoms with Crippen molar-refractivity contribution in [1.82, 2.24) is 20.9 Å². The third-order valence-electron chi connectivity index (χ3n) is 6.14. The number of methoxy groups -OCH3 is 2. The smallest absolute Gasteiger partial charge is 0.328 e. The molecule has 3 amide bonds. The number of benzene rings is 1. The van der Waals surface area contributed by atoms with E-state index in [1.165, 1.54) is 13.5 Å². The van der Waals surface area contributed by atoms with Crippen molar-refractivity contribution in [3.05, 3.63) is 29.8 Å². The number of piperazine rings is 1. The SMILES string of the molecule is COC(=O)[C@H](Cc1ccc(OC)cc1)NC(=O)[C@@H]1CNCCN1C(=O)NC1CCCCC1. The van der Waals surface area contributed by atoms with Gasteiger partial charge in [0.25, 0.3) is 0 Å². The van der Waals surface area contributed by atoms with Crippen LogP contribution < -0.4 is 20.7 Å². The van der Waals surface area contributed by atoms with Crippen molar-refractivity contribution in [1.29, 1.82) is 0 Å². The Morgan fingerprint density at radius 2 is 1.84 bits per heavy atom. The molecule has 9 heteroatoms. The molecular weight excluding hydrogens is 412 g/mol. The van der Waals surface area contributed by atoms with Crippen LogP contribution in [0, 0.1) is 0 Å². The van der Waals surface area contributed by atoms with Crippen LogP contribution in [0.4, 0.5) is 4.79 Å². The van der Waals surface area contributed by atoms with Crippen molar-refractivity contribution in [2.45, 2.75) is 56.7 Å². The summed E-state index contributed by atoms with van der Waals surface area (Å²) in [5.41, 5.74) is 0.857. The highest BCUT2D eigenvalue weighted by molar-refractivity contribution is 5.91. The van der Waals surface area contributed by atoms with Gasteiger partial charge in [0.15, 0.2) is 0 Å². The molecule has 9 nitrogen and oxygen atoms in total. The second-order valence-electron chi connectivity index (χ2n) is 8.33. The molecule has 2 fully saturated rings. The Balaban J connectivity index is 1.65. The summed E-state index contributed by atoms with van der Waals surface area (Å²) >= 11 is 0. The van der Waals surface area contributed by atoms with Crippen LogP contribution in [0.1, 0.15) is 37.7 Å². The van der Waals surface area contributed by atoms with Gasteiger partial charge >= 0.3 is 12.0 Å². The lowest BCUT2D eigenvalue weighted by molar-refractivity contribution is -0.145. The standard InChI is InChI=1S/C23H34N4O5/c1-31-18-10-8-16(9-11-18)14-19(22(29)32-2)26-21(28)20-15-24-12-13-27(20)23(30)25-17-6-4-3-5-7-17/h8-11,17,19-20,24H,3-7,12-15H2,1-2H3,(H,25,30)(H,26,28)/t19-,20-/m0/s1. The monoisotopic (exact) mass is 446 g/mol. The molecule has 1 aromatic carbocycles. The molecule has 1 saturated carbocycles. The lowest BCUT2D eigenvalue weighted by Gasteiger charge is -2.37. The van der Waals surface area contributed by atoms with E-state index in [9.17, 15) is 14.4 Å². The Kier molecular flexibility index (Phi) is 8.72. The first-order chi connectivity index (χ1) is 15.5. The Hall–Kier alpha value is -2.81. The summed E-state index contributed by atoms with van der Waals surface area (Å²) in [6.07, 6.45) is 5.65. The van der Waals surface area contributed by atoms with Crippen LogP contribution in [-0.2, 0) is 20.7 Å². The van der Waals surface area contributed by atoms with E-state index in [2.05, 4.69) is 16.0 Å². The van der Waals surface area contributed by atoms with Gasteiger partial charge in [-0.2, -0.15) is 0 Å². The maximum Gasteiger partial charge on any atom is 0.328 e. The van der Waals surface area contributed by atoms with E-state index in [0.29, 0.717) is 25.4 Å². The molecule has 0 unspecified atom stereocenters. The van der Waals surface area contributed by atoms with E-state index in [-0.39, 0.29) is 24.4 Å². The van der Waals surface area contributed by atoms with Crippen molar-refractivity contribution in [2.75, 3.05) is 33.9 Å². The molecule has 1 saturated heterocycles. The molecule has 2 aliphatic rings. The molecule has 3 N–H and O–H groups in total. The molecule has 3 rings (SSSR count). The average Bonchev–Trinajstić information content (AvgIpc) is 2.84. The van der Waals surface area contributed by atoms with E-state index in [4.69, 9.17) is 9.47 Å². The second-order valence-corrected chi connectivity index (χ2v) is 8.33. The van der Waals surface area contributed by atoms with E-state index in [0.717, 1.165) is 31.2 Å². The zero-order valence-electron chi connectivity index (χ0n) is 18.9. The van der Waals surface area contributed by atoms with Gasteiger partial charge in [0, 0.05) is 32.1 Å². The molecule has 1 aromatic rings. The normalized spacial score (nSPS) is 20.2. The van der Waals surface area contributed by atoms with Gasteiger partial charge in [-0.15, -0.1) is 0 Å². The number of urea groups is 1. The third kappa shape index (κ3) is 6.35. The molecule has 176 valence electrons. The van der Waals surface area contributed by atoms with Gasteiger partial charge in [0.05, 0.1) is 14.2 Å². The molecule has 0 aromatic heterocycles. The van der Waals surface area contributed by atoms with Crippen LogP contribution in [-0.4, -0.2) is 74.8 Å². The van der Waals surface area contributed by atoms with Crippen LogP contribution in [0.25, 0.3) is 0 Å². The minimum Gasteiger partial charge on any atom is -0.497 e. The quantitative estimate of drug-likeness (QED) is 0.544. The minimum atomic E-state index is -0.855. The van der Waals surface area contributed by atoms with E-state index >= 15 is 0 Å². The zero-order chi connectivity index (χ0) is 22.9. The molecule has 2 atom stereocenters. The van der Waals surface area contributed by atoms with Crippen molar-refractivity contribution in [3.63, 3.8) is 0 Å². The fourth-order valence-electron chi connectivity index (χ4n) is 4.29. The Morgan fingerprint density at radius 3 is 2.50 bits per heavy atom. The highest BCUT2D eigenvalue weighted by Crippen LogP contribution is 2.18. The highest BCUT2D eigenvalue weighted by atomic mass is 16.5. The van der Waals surface area contributed by atoms with Gasteiger partial charge in [-0.05, 0) is 30.5 Å². The molecule has 1 heterocycles. The summed E-state index contributed by atoms with van der Waals surface area (Å²) in [6, 6.07) is 5.67. The molecule has 1 aliphatic heterocycles. The van der Waals surface area contributed by atoms with Crippen LogP contribution in [0.3, 0.4) is 0 Å². The number of carbonyl (C=O) groups is 3.